The summed E-state index contributed by atoms with van der Waals surface area (Å²) in [5, 5.41) is 14.5. The second kappa shape index (κ2) is 15.7. The van der Waals surface area contributed by atoms with Crippen LogP contribution >= 0.6 is 0 Å². The van der Waals surface area contributed by atoms with Crippen LogP contribution in [0.1, 0.15) is 26.2 Å². The fourth-order valence-electron chi connectivity index (χ4n) is 0.306. The van der Waals surface area contributed by atoms with Gasteiger partial charge in [0.1, 0.15) is 0 Å². The van der Waals surface area contributed by atoms with Gasteiger partial charge in [-0.05, 0) is 19.1 Å². The third-order valence-corrected chi connectivity index (χ3v) is 0.702. The van der Waals surface area contributed by atoms with Crippen molar-refractivity contribution >= 4 is 6.21 Å². The van der Waals surface area contributed by atoms with E-state index in [1.807, 2.05) is 0 Å². The maximum absolute atomic E-state index is 8.11. The van der Waals surface area contributed by atoms with Crippen molar-refractivity contribution in [2.75, 3.05) is 0 Å². The van der Waals surface area contributed by atoms with Crippen LogP contribution in [0.4, 0.5) is 0 Å². The Bertz CT molecular complexity index is 66.0. The summed E-state index contributed by atoms with van der Waals surface area (Å²) in [4.78, 5) is 8.11. The van der Waals surface area contributed by atoms with E-state index >= 15 is 0 Å². The number of unbranched alkanes of at least 4 members (excludes halogenated alkanes) is 2. The molecule has 9 heavy (non-hydrogen) atoms. The van der Waals surface area contributed by atoms with Crippen LogP contribution in [0.25, 0.3) is 0 Å². The van der Waals surface area contributed by atoms with Gasteiger partial charge in [-0.2, -0.15) is 0 Å². The number of nitrogens with one attached hydrogen (secondary N) is 1. The second-order valence-corrected chi connectivity index (χ2v) is 1.43. The molecule has 4 nitrogen and oxygen atoms in total. The normalized spacial score (nSPS) is 6.78. The number of hydrogen-bond acceptors (Lipinski definition) is 3. The number of rotatable bonds is 3. The summed E-state index contributed by atoms with van der Waals surface area (Å²) >= 11 is 0. The zero-order valence-electron chi connectivity index (χ0n) is 5.50. The first-order valence-corrected chi connectivity index (χ1v) is 2.79. The van der Waals surface area contributed by atoms with Gasteiger partial charge in [-0.15, -0.1) is 4.91 Å². The summed E-state index contributed by atoms with van der Waals surface area (Å²) in [5.74, 6) is 0. The molecule has 0 aliphatic heterocycles. The Morgan fingerprint density at radius 2 is 2.22 bits per heavy atom. The van der Waals surface area contributed by atoms with Crippen LogP contribution in [-0.2, 0) is 0 Å². The molecule has 0 bridgehead atoms. The standard InChI is InChI=1S/C5H11N.HNO2/c1-2-3-4-5-6;2-1-3/h5-6H,2-4H2,1H3;(H,2,3). The van der Waals surface area contributed by atoms with Crippen LogP contribution in [0, 0.1) is 10.3 Å². The minimum atomic E-state index is 0.955. The monoisotopic (exact) mass is 132 g/mol. The van der Waals surface area contributed by atoms with Gasteiger partial charge in [0.05, 0.1) is 0 Å². The third-order valence-electron chi connectivity index (χ3n) is 0.702. The molecule has 0 spiro atoms. The van der Waals surface area contributed by atoms with Crippen molar-refractivity contribution in [1.82, 2.24) is 0 Å². The summed E-state index contributed by atoms with van der Waals surface area (Å²) in [7, 11) is 0. The number of hydrogen-bond donors (Lipinski definition) is 2. The molecular weight excluding hydrogens is 120 g/mol. The summed E-state index contributed by atoms with van der Waals surface area (Å²) in [5.41, 5.74) is 0. The third kappa shape index (κ3) is 42.4. The molecule has 0 aromatic heterocycles. The summed E-state index contributed by atoms with van der Waals surface area (Å²) in [6.45, 7) is 2.13. The van der Waals surface area contributed by atoms with Crippen molar-refractivity contribution in [2.45, 2.75) is 26.2 Å². The fourth-order valence-corrected chi connectivity index (χ4v) is 0.306. The van der Waals surface area contributed by atoms with Gasteiger partial charge >= 0.3 is 0 Å². The van der Waals surface area contributed by atoms with Gasteiger partial charge in [0.25, 0.3) is 0 Å². The topological polar surface area (TPSA) is 73.5 Å². The van der Waals surface area contributed by atoms with Gasteiger partial charge in [0, 0.05) is 0 Å². The average molecular weight is 132 g/mol. The lowest BCUT2D eigenvalue weighted by molar-refractivity contribution is 0.312. The minimum absolute atomic E-state index is 0.955. The first-order valence-electron chi connectivity index (χ1n) is 2.79. The molecule has 2 N–H and O–H groups in total. The smallest absolute Gasteiger partial charge is 0.152 e. The molecular formula is C5H12N2O2. The lowest BCUT2D eigenvalue weighted by Gasteiger charge is -1.80. The van der Waals surface area contributed by atoms with E-state index in [1.54, 1.807) is 0 Å². The van der Waals surface area contributed by atoms with Crippen LogP contribution < -0.4 is 0 Å². The highest BCUT2D eigenvalue weighted by molar-refractivity contribution is 5.52. The first kappa shape index (κ1) is 10.9. The zero-order chi connectivity index (χ0) is 7.54. The fraction of sp³-hybridized carbons (Fsp3) is 0.800. The second-order valence-electron chi connectivity index (χ2n) is 1.43. The van der Waals surface area contributed by atoms with E-state index in [4.69, 9.17) is 15.5 Å². The molecule has 0 radical (unpaired) electrons. The molecule has 54 valence electrons. The zero-order valence-corrected chi connectivity index (χ0v) is 5.50. The van der Waals surface area contributed by atoms with E-state index in [1.165, 1.54) is 24.4 Å². The summed E-state index contributed by atoms with van der Waals surface area (Å²) in [6.07, 6.45) is 4.79. The highest BCUT2D eigenvalue weighted by Crippen LogP contribution is 1.87. The van der Waals surface area contributed by atoms with Crippen molar-refractivity contribution in [3.8, 4) is 0 Å². The van der Waals surface area contributed by atoms with E-state index < -0.39 is 0 Å². The molecule has 0 fully saturated rings. The molecule has 0 saturated carbocycles. The van der Waals surface area contributed by atoms with Crippen molar-refractivity contribution in [3.63, 3.8) is 0 Å². The Hall–Kier alpha value is -0.930. The molecule has 0 aliphatic carbocycles. The van der Waals surface area contributed by atoms with Gasteiger partial charge in [0.15, 0.2) is 5.34 Å². The van der Waals surface area contributed by atoms with Crippen LogP contribution in [0.3, 0.4) is 0 Å². The summed E-state index contributed by atoms with van der Waals surface area (Å²) in [6, 6.07) is 0. The molecule has 0 aliphatic rings. The highest BCUT2D eigenvalue weighted by atomic mass is 16.6. The minimum Gasteiger partial charge on any atom is -0.379 e. The Balaban J connectivity index is 0. The molecule has 0 heterocycles. The van der Waals surface area contributed by atoms with Crippen molar-refractivity contribution in [2.24, 2.45) is 5.34 Å². The van der Waals surface area contributed by atoms with Crippen LogP contribution in [0.5, 0.6) is 0 Å². The average Bonchev–Trinajstić information content (AvgIpc) is 1.86. The molecule has 0 atom stereocenters. The molecule has 0 amide bonds. The van der Waals surface area contributed by atoms with Gasteiger partial charge in [-0.25, -0.2) is 0 Å². The van der Waals surface area contributed by atoms with Crippen molar-refractivity contribution in [1.29, 1.82) is 5.41 Å². The lowest BCUT2D eigenvalue weighted by atomic mass is 10.3. The summed E-state index contributed by atoms with van der Waals surface area (Å²) < 4.78 is 0. The van der Waals surface area contributed by atoms with Crippen LogP contribution in [0.2, 0.25) is 0 Å². The molecule has 0 unspecified atom stereocenters. The Labute approximate surface area is 54.3 Å². The van der Waals surface area contributed by atoms with Crippen LogP contribution in [-0.4, -0.2) is 11.4 Å². The van der Waals surface area contributed by atoms with E-state index in [9.17, 15) is 0 Å². The SMILES string of the molecule is CCCCC=N.O=NO. The van der Waals surface area contributed by atoms with E-state index in [-0.39, 0.29) is 0 Å². The highest BCUT2D eigenvalue weighted by Gasteiger charge is 1.72. The molecule has 0 aromatic carbocycles. The van der Waals surface area contributed by atoms with E-state index in [2.05, 4.69) is 6.92 Å². The number of nitrogens with zero attached hydrogens (tertiary/aromatic N) is 1. The largest absolute Gasteiger partial charge is 0.379 e. The van der Waals surface area contributed by atoms with Gasteiger partial charge in [0.2, 0.25) is 0 Å². The molecule has 0 rings (SSSR count). The van der Waals surface area contributed by atoms with Crippen molar-refractivity contribution in [3.05, 3.63) is 4.91 Å². The molecule has 0 saturated heterocycles. The lowest BCUT2D eigenvalue weighted by Crippen LogP contribution is -1.69. The van der Waals surface area contributed by atoms with Crippen molar-refractivity contribution < 1.29 is 5.21 Å². The van der Waals surface area contributed by atoms with Gasteiger partial charge < -0.3 is 10.6 Å². The Morgan fingerprint density at radius 3 is 2.33 bits per heavy atom. The quantitative estimate of drug-likeness (QED) is 0.266. The van der Waals surface area contributed by atoms with E-state index in [0.717, 1.165) is 6.42 Å². The predicted molar refractivity (Wildman–Crippen MR) is 35.9 cm³/mol. The Kier molecular flexibility index (Phi) is 19.1. The molecule has 0 aromatic rings. The maximum atomic E-state index is 8.11. The first-order chi connectivity index (χ1) is 4.33. The van der Waals surface area contributed by atoms with E-state index in [0.29, 0.717) is 0 Å². The maximum Gasteiger partial charge on any atom is 0.152 e. The van der Waals surface area contributed by atoms with Crippen LogP contribution in [0.15, 0.2) is 5.34 Å². The van der Waals surface area contributed by atoms with Gasteiger partial charge in [-0.1, -0.05) is 13.3 Å². The predicted octanol–water partition coefficient (Wildman–Crippen LogP) is 1.97. The Morgan fingerprint density at radius 1 is 1.78 bits per heavy atom. The molecule has 4 heteroatoms. The van der Waals surface area contributed by atoms with Gasteiger partial charge in [-0.3, -0.25) is 0 Å².